The second-order valence-corrected chi connectivity index (χ2v) is 31.4. The van der Waals surface area contributed by atoms with Crippen LogP contribution < -0.4 is 0 Å². The Morgan fingerprint density at radius 3 is 0.792 bits per heavy atom. The van der Waals surface area contributed by atoms with Crippen molar-refractivity contribution >= 4 is 39.5 Å². The normalized spacial score (nSPS) is 14.3. The molecule has 0 rings (SSSR count). The van der Waals surface area contributed by atoms with Gasteiger partial charge in [0.25, 0.3) is 0 Å². The van der Waals surface area contributed by atoms with E-state index in [2.05, 4.69) is 41.5 Å². The van der Waals surface area contributed by atoms with E-state index in [0.717, 1.165) is 102 Å². The van der Waals surface area contributed by atoms with Crippen molar-refractivity contribution in [3.63, 3.8) is 0 Å². The highest BCUT2D eigenvalue weighted by molar-refractivity contribution is 7.47. The lowest BCUT2D eigenvalue weighted by molar-refractivity contribution is -0.161. The molecule has 0 fully saturated rings. The SMILES string of the molecule is CCCCCCCCCCCCCCCCCCCC(=O)OC[C@H](COP(=O)(O)OC[C@@H](O)COP(=O)(O)OC[C@@H](COC(=O)CCCCCCCCCCCC)OC(=O)CCCCCCCCCCC(C)CC)OC(=O)CCCCCCCCCCCCCCCCC(C)C. The number of carbonyl (C=O) groups excluding carboxylic acids is 4. The highest BCUT2D eigenvalue weighted by Crippen LogP contribution is 2.45. The van der Waals surface area contributed by atoms with Gasteiger partial charge in [-0.3, -0.25) is 37.3 Å². The molecule has 0 saturated carbocycles. The van der Waals surface area contributed by atoms with Gasteiger partial charge in [0.2, 0.25) is 0 Å². The van der Waals surface area contributed by atoms with Crippen molar-refractivity contribution in [2.45, 2.75) is 419 Å². The summed E-state index contributed by atoms with van der Waals surface area (Å²) in [6.07, 6.45) is 56.8. The summed E-state index contributed by atoms with van der Waals surface area (Å²) in [5.41, 5.74) is 0. The van der Waals surface area contributed by atoms with Gasteiger partial charge in [0, 0.05) is 25.7 Å². The Labute approximate surface area is 588 Å². The lowest BCUT2D eigenvalue weighted by Gasteiger charge is -2.21. The standard InChI is InChI=1S/C77H150O17P2/c1-7-10-12-14-16-18-20-21-22-23-24-28-31-35-42-48-54-60-75(80)88-65-72(93-76(81)61-55-49-43-36-32-29-26-25-27-30-33-39-45-51-57-69(4)5)67-91-95(83,84)89-63-71(78)64-90-96(85,86)92-68-73(66-87-74(79)59-53-47-41-34-19-17-15-13-11-8-2)94-77(82)62-56-50-44-38-37-40-46-52-58-70(6)9-3/h69-73,78H,7-68H2,1-6H3,(H,83,84)(H,85,86)/t70?,71-,72-,73-/m1/s1. The van der Waals surface area contributed by atoms with E-state index in [0.29, 0.717) is 25.7 Å². The molecule has 17 nitrogen and oxygen atoms in total. The highest BCUT2D eigenvalue weighted by atomic mass is 31.2. The van der Waals surface area contributed by atoms with Crippen molar-refractivity contribution in [2.24, 2.45) is 11.8 Å². The summed E-state index contributed by atoms with van der Waals surface area (Å²) >= 11 is 0. The van der Waals surface area contributed by atoms with E-state index in [9.17, 15) is 43.2 Å². The molecule has 0 heterocycles. The lowest BCUT2D eigenvalue weighted by atomic mass is 9.99. The average Bonchev–Trinajstić information content (AvgIpc) is 2.06. The molecule has 0 aliphatic heterocycles. The zero-order chi connectivity index (χ0) is 70.7. The van der Waals surface area contributed by atoms with Crippen molar-refractivity contribution in [1.82, 2.24) is 0 Å². The minimum absolute atomic E-state index is 0.105. The number of rotatable bonds is 76. The monoisotopic (exact) mass is 1410 g/mol. The maximum Gasteiger partial charge on any atom is 0.472 e. The number of unbranched alkanes of at least 4 members (excludes halogenated alkanes) is 45. The summed E-state index contributed by atoms with van der Waals surface area (Å²) < 4.78 is 68.6. The summed E-state index contributed by atoms with van der Waals surface area (Å²) in [4.78, 5) is 72.8. The fourth-order valence-corrected chi connectivity index (χ4v) is 13.4. The number of carbonyl (C=O) groups is 4. The number of esters is 4. The molecule has 0 radical (unpaired) electrons. The number of phosphoric acid groups is 2. The minimum atomic E-state index is -4.96. The molecule has 0 aromatic carbocycles. The fraction of sp³-hybridized carbons (Fsp3) is 0.948. The van der Waals surface area contributed by atoms with Crippen LogP contribution in [0.2, 0.25) is 0 Å². The first-order valence-electron chi connectivity index (χ1n) is 40.0. The van der Waals surface area contributed by atoms with Gasteiger partial charge in [0.1, 0.15) is 19.3 Å². The summed E-state index contributed by atoms with van der Waals surface area (Å²) in [7, 11) is -9.91. The van der Waals surface area contributed by atoms with Crippen LogP contribution in [-0.4, -0.2) is 96.7 Å². The third-order valence-electron chi connectivity index (χ3n) is 18.3. The molecule has 570 valence electrons. The molecule has 96 heavy (non-hydrogen) atoms. The third kappa shape index (κ3) is 69.2. The lowest BCUT2D eigenvalue weighted by Crippen LogP contribution is -2.30. The van der Waals surface area contributed by atoms with E-state index < -0.39 is 97.5 Å². The molecule has 0 aromatic rings. The Hall–Kier alpha value is -1.94. The number of aliphatic hydroxyl groups is 1. The molecule has 0 aromatic heterocycles. The van der Waals surface area contributed by atoms with E-state index in [4.69, 9.17) is 37.0 Å². The highest BCUT2D eigenvalue weighted by Gasteiger charge is 2.30. The Kier molecular flexibility index (Phi) is 67.4. The van der Waals surface area contributed by atoms with Gasteiger partial charge in [0.15, 0.2) is 12.2 Å². The van der Waals surface area contributed by atoms with Crippen molar-refractivity contribution in [3.8, 4) is 0 Å². The molecule has 3 unspecified atom stereocenters. The molecule has 6 atom stereocenters. The molecule has 0 aliphatic rings. The molecule has 0 spiro atoms. The predicted molar refractivity (Wildman–Crippen MR) is 391 cm³/mol. The molecular weight excluding hydrogens is 1260 g/mol. The molecule has 0 aliphatic carbocycles. The molecule has 0 bridgehead atoms. The second kappa shape index (κ2) is 68.8. The number of phosphoric ester groups is 2. The van der Waals surface area contributed by atoms with Crippen LogP contribution in [0.15, 0.2) is 0 Å². The molecule has 19 heteroatoms. The van der Waals surface area contributed by atoms with Crippen LogP contribution in [0.25, 0.3) is 0 Å². The number of aliphatic hydroxyl groups excluding tert-OH is 1. The Morgan fingerprint density at radius 2 is 0.531 bits per heavy atom. The quantitative estimate of drug-likeness (QED) is 0.0222. The van der Waals surface area contributed by atoms with E-state index in [1.807, 2.05) is 0 Å². The van der Waals surface area contributed by atoms with Gasteiger partial charge in [-0.1, -0.05) is 350 Å². The van der Waals surface area contributed by atoms with Crippen LogP contribution in [0.5, 0.6) is 0 Å². The van der Waals surface area contributed by atoms with Crippen LogP contribution in [-0.2, 0) is 65.4 Å². The average molecular weight is 1410 g/mol. The Morgan fingerprint density at radius 1 is 0.302 bits per heavy atom. The van der Waals surface area contributed by atoms with Gasteiger partial charge in [-0.15, -0.1) is 0 Å². The first-order valence-corrected chi connectivity index (χ1v) is 43.0. The van der Waals surface area contributed by atoms with Gasteiger partial charge >= 0.3 is 39.5 Å². The minimum Gasteiger partial charge on any atom is -0.462 e. The fourth-order valence-electron chi connectivity index (χ4n) is 11.8. The van der Waals surface area contributed by atoms with Gasteiger partial charge in [-0.05, 0) is 37.5 Å². The van der Waals surface area contributed by atoms with Crippen molar-refractivity contribution < 1.29 is 80.2 Å². The summed E-state index contributed by atoms with van der Waals surface area (Å²) in [5.74, 6) is -0.550. The second-order valence-electron chi connectivity index (χ2n) is 28.5. The molecule has 0 saturated heterocycles. The molecule has 0 amide bonds. The molecule has 3 N–H and O–H groups in total. The summed E-state index contributed by atoms with van der Waals surface area (Å²) in [6, 6.07) is 0. The van der Waals surface area contributed by atoms with Crippen LogP contribution in [0, 0.1) is 11.8 Å². The Bertz CT molecular complexity index is 1860. The van der Waals surface area contributed by atoms with Gasteiger partial charge in [-0.2, -0.15) is 0 Å². The number of hydrogen-bond donors (Lipinski definition) is 3. The van der Waals surface area contributed by atoms with Gasteiger partial charge in [-0.25, -0.2) is 9.13 Å². The van der Waals surface area contributed by atoms with Crippen LogP contribution in [0.3, 0.4) is 0 Å². The van der Waals surface area contributed by atoms with Crippen molar-refractivity contribution in [3.05, 3.63) is 0 Å². The van der Waals surface area contributed by atoms with Crippen LogP contribution >= 0.6 is 15.6 Å². The smallest absolute Gasteiger partial charge is 0.462 e. The maximum atomic E-state index is 13.1. The van der Waals surface area contributed by atoms with Crippen molar-refractivity contribution in [2.75, 3.05) is 39.6 Å². The van der Waals surface area contributed by atoms with Crippen LogP contribution in [0.1, 0.15) is 401 Å². The number of hydrogen-bond acceptors (Lipinski definition) is 15. The molecular formula is C77H150O17P2. The van der Waals surface area contributed by atoms with Gasteiger partial charge < -0.3 is 33.8 Å². The maximum absolute atomic E-state index is 13.1. The van der Waals surface area contributed by atoms with Crippen LogP contribution in [0.4, 0.5) is 0 Å². The predicted octanol–water partition coefficient (Wildman–Crippen LogP) is 22.7. The van der Waals surface area contributed by atoms with E-state index in [1.165, 1.54) is 218 Å². The van der Waals surface area contributed by atoms with Crippen molar-refractivity contribution in [1.29, 1.82) is 0 Å². The third-order valence-corrected chi connectivity index (χ3v) is 20.2. The largest absolute Gasteiger partial charge is 0.472 e. The number of ether oxygens (including phenoxy) is 4. The van der Waals surface area contributed by atoms with E-state index in [-0.39, 0.29) is 25.7 Å². The van der Waals surface area contributed by atoms with E-state index in [1.54, 1.807) is 0 Å². The first-order chi connectivity index (χ1) is 46.4. The Balaban J connectivity index is 5.24. The topological polar surface area (TPSA) is 237 Å². The zero-order valence-electron chi connectivity index (χ0n) is 62.7. The van der Waals surface area contributed by atoms with E-state index >= 15 is 0 Å². The first kappa shape index (κ1) is 94.1. The summed E-state index contributed by atoms with van der Waals surface area (Å²) in [5, 5.41) is 10.6. The summed E-state index contributed by atoms with van der Waals surface area (Å²) in [6.45, 7) is 9.62. The zero-order valence-corrected chi connectivity index (χ0v) is 64.5. The van der Waals surface area contributed by atoms with Gasteiger partial charge in [0.05, 0.1) is 26.4 Å².